The molecule has 0 radical (unpaired) electrons. The molecular formula is C17H24N2O. The second-order valence-electron chi connectivity index (χ2n) is 6.72. The van der Waals surface area contributed by atoms with Crippen LogP contribution >= 0.6 is 0 Å². The fourth-order valence-electron chi connectivity index (χ4n) is 3.07. The Balaban J connectivity index is 1.82. The Morgan fingerprint density at radius 1 is 1.25 bits per heavy atom. The second-order valence-corrected chi connectivity index (χ2v) is 6.72. The Morgan fingerprint density at radius 3 is 2.55 bits per heavy atom. The van der Waals surface area contributed by atoms with E-state index in [0.29, 0.717) is 10.8 Å². The van der Waals surface area contributed by atoms with Gasteiger partial charge in [0.05, 0.1) is 0 Å². The van der Waals surface area contributed by atoms with Gasteiger partial charge in [0, 0.05) is 6.54 Å². The van der Waals surface area contributed by atoms with Crippen molar-refractivity contribution in [2.75, 3.05) is 13.2 Å². The average Bonchev–Trinajstić information content (AvgIpc) is 2.79. The average molecular weight is 272 g/mol. The molecule has 1 aromatic rings. The van der Waals surface area contributed by atoms with Crippen LogP contribution in [0.4, 0.5) is 0 Å². The predicted molar refractivity (Wildman–Crippen MR) is 80.3 cm³/mol. The van der Waals surface area contributed by atoms with Crippen LogP contribution in [0.2, 0.25) is 0 Å². The van der Waals surface area contributed by atoms with E-state index in [4.69, 9.17) is 10.00 Å². The largest absolute Gasteiger partial charge is 0.479 e. The van der Waals surface area contributed by atoms with Gasteiger partial charge in [-0.1, -0.05) is 39.8 Å². The van der Waals surface area contributed by atoms with Crippen LogP contribution in [-0.2, 0) is 6.54 Å². The first kappa shape index (κ1) is 14.9. The maximum absolute atomic E-state index is 8.52. The fourth-order valence-corrected chi connectivity index (χ4v) is 3.07. The third-order valence-electron chi connectivity index (χ3n) is 5.20. The first-order chi connectivity index (χ1) is 9.39. The number of ether oxygens (including phenoxy) is 1. The molecule has 0 atom stereocenters. The predicted octanol–water partition coefficient (Wildman–Crippen LogP) is 3.36. The molecule has 0 heterocycles. The molecule has 0 bridgehead atoms. The Kier molecular flexibility index (Phi) is 4.06. The van der Waals surface area contributed by atoms with E-state index in [0.717, 1.165) is 24.8 Å². The molecule has 1 N–H and O–H groups in total. The van der Waals surface area contributed by atoms with Gasteiger partial charge in [-0.3, -0.25) is 0 Å². The highest BCUT2D eigenvalue weighted by molar-refractivity contribution is 5.28. The van der Waals surface area contributed by atoms with Crippen molar-refractivity contribution in [3.63, 3.8) is 0 Å². The van der Waals surface area contributed by atoms with Crippen LogP contribution in [0.1, 0.15) is 33.3 Å². The highest BCUT2D eigenvalue weighted by Crippen LogP contribution is 2.67. The van der Waals surface area contributed by atoms with Gasteiger partial charge in [-0.25, -0.2) is 0 Å². The number of nitrogens with zero attached hydrogens (tertiary/aromatic N) is 1. The number of rotatable bonds is 6. The lowest BCUT2D eigenvalue weighted by Gasteiger charge is -2.08. The molecule has 1 aliphatic carbocycles. The molecule has 0 saturated heterocycles. The van der Waals surface area contributed by atoms with Crippen LogP contribution in [-0.4, -0.2) is 13.2 Å². The zero-order valence-corrected chi connectivity index (χ0v) is 12.9. The molecule has 1 aliphatic rings. The highest BCUT2D eigenvalue weighted by atomic mass is 16.5. The minimum Gasteiger partial charge on any atom is -0.479 e. The molecule has 0 aromatic heterocycles. The molecule has 0 amide bonds. The highest BCUT2D eigenvalue weighted by Gasteiger charge is 2.63. The lowest BCUT2D eigenvalue weighted by Crippen LogP contribution is -2.18. The molecule has 0 unspecified atom stereocenters. The van der Waals surface area contributed by atoms with Crippen molar-refractivity contribution in [2.45, 2.75) is 34.2 Å². The fraction of sp³-hybridized carbons (Fsp3) is 0.588. The van der Waals surface area contributed by atoms with Crippen LogP contribution in [0.15, 0.2) is 24.3 Å². The Hall–Kier alpha value is -1.53. The van der Waals surface area contributed by atoms with Crippen molar-refractivity contribution in [1.29, 1.82) is 5.26 Å². The number of nitriles is 1. The van der Waals surface area contributed by atoms with Gasteiger partial charge in [0.15, 0.2) is 6.61 Å². The lowest BCUT2D eigenvalue weighted by molar-refractivity contribution is 0.367. The Bertz CT molecular complexity index is 500. The van der Waals surface area contributed by atoms with Gasteiger partial charge < -0.3 is 10.1 Å². The number of benzene rings is 1. The third-order valence-corrected chi connectivity index (χ3v) is 5.20. The quantitative estimate of drug-likeness (QED) is 0.863. The van der Waals surface area contributed by atoms with Gasteiger partial charge in [-0.15, -0.1) is 0 Å². The van der Waals surface area contributed by atoms with Gasteiger partial charge >= 0.3 is 0 Å². The molecule has 1 fully saturated rings. The molecule has 3 nitrogen and oxygen atoms in total. The molecule has 2 rings (SSSR count). The molecule has 108 valence electrons. The summed E-state index contributed by atoms with van der Waals surface area (Å²) in [4.78, 5) is 0. The zero-order valence-electron chi connectivity index (χ0n) is 12.9. The first-order valence-electron chi connectivity index (χ1n) is 7.19. The normalized spacial score (nSPS) is 19.4. The molecule has 0 aliphatic heterocycles. The summed E-state index contributed by atoms with van der Waals surface area (Å²) < 4.78 is 5.31. The zero-order chi connectivity index (χ0) is 14.8. The summed E-state index contributed by atoms with van der Waals surface area (Å²) in [6.45, 7) is 11.4. The Labute approximate surface area is 121 Å². The molecule has 1 saturated carbocycles. The smallest absolute Gasteiger partial charge is 0.174 e. The minimum absolute atomic E-state index is 0.0985. The van der Waals surface area contributed by atoms with Crippen LogP contribution in [0.25, 0.3) is 0 Å². The number of hydrogen-bond acceptors (Lipinski definition) is 3. The molecular weight excluding hydrogens is 248 g/mol. The monoisotopic (exact) mass is 272 g/mol. The van der Waals surface area contributed by atoms with E-state index < -0.39 is 0 Å². The molecule has 0 spiro atoms. The molecule has 1 aromatic carbocycles. The van der Waals surface area contributed by atoms with Crippen molar-refractivity contribution >= 4 is 0 Å². The van der Waals surface area contributed by atoms with E-state index in [2.05, 4.69) is 39.1 Å². The topological polar surface area (TPSA) is 45.0 Å². The second kappa shape index (κ2) is 5.46. The van der Waals surface area contributed by atoms with Crippen molar-refractivity contribution in [2.24, 2.45) is 16.7 Å². The van der Waals surface area contributed by atoms with Crippen molar-refractivity contribution in [3.8, 4) is 11.8 Å². The van der Waals surface area contributed by atoms with Gasteiger partial charge in [-0.05, 0) is 41.0 Å². The van der Waals surface area contributed by atoms with Crippen molar-refractivity contribution in [1.82, 2.24) is 5.32 Å². The molecule has 3 heteroatoms. The maximum atomic E-state index is 8.52. The van der Waals surface area contributed by atoms with Crippen LogP contribution in [0.3, 0.4) is 0 Å². The van der Waals surface area contributed by atoms with E-state index >= 15 is 0 Å². The van der Waals surface area contributed by atoms with E-state index in [1.807, 2.05) is 24.3 Å². The van der Waals surface area contributed by atoms with Crippen molar-refractivity contribution in [3.05, 3.63) is 29.8 Å². The number of nitrogens with one attached hydrogen (secondary N) is 1. The maximum Gasteiger partial charge on any atom is 0.174 e. The van der Waals surface area contributed by atoms with E-state index in [-0.39, 0.29) is 6.61 Å². The SMILES string of the molecule is CC1(C)C(CNCc2cccc(OCC#N)c2)C1(C)C. The van der Waals surface area contributed by atoms with Gasteiger partial charge in [0.25, 0.3) is 0 Å². The lowest BCUT2D eigenvalue weighted by atomic mass is 10.0. The third kappa shape index (κ3) is 2.81. The van der Waals surface area contributed by atoms with Gasteiger partial charge in [0.1, 0.15) is 11.8 Å². The van der Waals surface area contributed by atoms with E-state index in [1.165, 1.54) is 5.56 Å². The summed E-state index contributed by atoms with van der Waals surface area (Å²) in [6, 6.07) is 9.90. The van der Waals surface area contributed by atoms with Crippen LogP contribution in [0, 0.1) is 28.1 Å². The summed E-state index contributed by atoms with van der Waals surface area (Å²) >= 11 is 0. The summed E-state index contributed by atoms with van der Waals surface area (Å²) in [6.07, 6.45) is 0. The minimum atomic E-state index is 0.0985. The van der Waals surface area contributed by atoms with Crippen LogP contribution in [0.5, 0.6) is 5.75 Å². The van der Waals surface area contributed by atoms with Crippen LogP contribution < -0.4 is 10.1 Å². The summed E-state index contributed by atoms with van der Waals surface area (Å²) in [5, 5.41) is 12.1. The van der Waals surface area contributed by atoms with E-state index in [1.54, 1.807) is 0 Å². The Morgan fingerprint density at radius 2 is 1.95 bits per heavy atom. The number of hydrogen-bond donors (Lipinski definition) is 1. The van der Waals surface area contributed by atoms with E-state index in [9.17, 15) is 0 Å². The van der Waals surface area contributed by atoms with Gasteiger partial charge in [-0.2, -0.15) is 5.26 Å². The summed E-state index contributed by atoms with van der Waals surface area (Å²) in [5.74, 6) is 1.49. The van der Waals surface area contributed by atoms with Crippen molar-refractivity contribution < 1.29 is 4.74 Å². The van der Waals surface area contributed by atoms with Gasteiger partial charge in [0.2, 0.25) is 0 Å². The standard InChI is InChI=1S/C17H24N2O/c1-16(2)15(17(16,3)4)12-19-11-13-6-5-7-14(10-13)20-9-8-18/h5-7,10,15,19H,9,11-12H2,1-4H3. The summed E-state index contributed by atoms with van der Waals surface area (Å²) in [7, 11) is 0. The first-order valence-corrected chi connectivity index (χ1v) is 7.19. The molecule has 20 heavy (non-hydrogen) atoms. The summed E-state index contributed by atoms with van der Waals surface area (Å²) in [5.41, 5.74) is 2.05.